The first-order valence-corrected chi connectivity index (χ1v) is 15.5. The summed E-state index contributed by atoms with van der Waals surface area (Å²) >= 11 is 0. The van der Waals surface area contributed by atoms with Gasteiger partial charge in [0.1, 0.15) is 17.2 Å². The molecular weight excluding hydrogens is 643 g/mol. The van der Waals surface area contributed by atoms with Gasteiger partial charge in [-0.15, -0.1) is 0 Å². The number of carbonyl (C=O) groups excluding carboxylic acids is 2. The van der Waals surface area contributed by atoms with Crippen molar-refractivity contribution in [1.82, 2.24) is 30.2 Å². The van der Waals surface area contributed by atoms with Gasteiger partial charge in [0.25, 0.3) is 0 Å². The Bertz CT molecular complexity index is 1750. The van der Waals surface area contributed by atoms with E-state index in [1.165, 1.54) is 35.2 Å². The van der Waals surface area contributed by atoms with E-state index in [0.29, 0.717) is 0 Å². The van der Waals surface area contributed by atoms with Crippen LogP contribution in [-0.2, 0) is 15.7 Å². The molecule has 1 saturated heterocycles. The minimum atomic E-state index is -4.55. The number of carbonyl (C=O) groups is 3. The van der Waals surface area contributed by atoms with E-state index in [-0.39, 0.29) is 46.7 Å². The number of anilines is 1. The summed E-state index contributed by atoms with van der Waals surface area (Å²) in [5, 5.41) is 18.0. The van der Waals surface area contributed by atoms with Crippen LogP contribution in [0, 0.1) is 5.92 Å². The predicted octanol–water partition coefficient (Wildman–Crippen LogP) is 6.26. The van der Waals surface area contributed by atoms with Gasteiger partial charge in [-0.2, -0.15) is 18.2 Å². The third kappa shape index (κ3) is 10.6. The summed E-state index contributed by atoms with van der Waals surface area (Å²) in [6.45, 7) is 8.88. The van der Waals surface area contributed by atoms with E-state index >= 15 is 0 Å². The van der Waals surface area contributed by atoms with Crippen molar-refractivity contribution in [2.24, 2.45) is 5.92 Å². The number of rotatable bonds is 7. The Balaban J connectivity index is 0.000000284. The summed E-state index contributed by atoms with van der Waals surface area (Å²) in [5.74, 6) is -1.08. The Morgan fingerprint density at radius 2 is 1.69 bits per heavy atom. The molecule has 0 radical (unpaired) electrons. The molecule has 15 heteroatoms. The molecule has 49 heavy (non-hydrogen) atoms. The van der Waals surface area contributed by atoms with E-state index < -0.39 is 29.4 Å². The zero-order valence-corrected chi connectivity index (χ0v) is 27.4. The lowest BCUT2D eigenvalue weighted by Crippen LogP contribution is -2.42. The monoisotopic (exact) mass is 681 g/mol. The predicted molar refractivity (Wildman–Crippen MR) is 175 cm³/mol. The Morgan fingerprint density at radius 1 is 1.00 bits per heavy atom. The van der Waals surface area contributed by atoms with Crippen molar-refractivity contribution in [1.29, 1.82) is 0 Å². The Hall–Kier alpha value is -5.31. The number of amides is 2. The van der Waals surface area contributed by atoms with Crippen LogP contribution in [0.4, 0.5) is 23.9 Å². The topological polar surface area (TPSA) is 160 Å². The van der Waals surface area contributed by atoms with E-state index in [2.05, 4.69) is 30.9 Å². The molecule has 4 N–H and O–H groups in total. The lowest BCUT2D eigenvalue weighted by molar-refractivity contribution is -0.137. The number of aromatic carboxylic acids is 1. The van der Waals surface area contributed by atoms with Crippen LogP contribution in [0.15, 0.2) is 73.1 Å². The summed E-state index contributed by atoms with van der Waals surface area (Å²) in [7, 11) is 0. The number of aromatic nitrogens is 4. The van der Waals surface area contributed by atoms with Crippen molar-refractivity contribution in [3.05, 3.63) is 89.9 Å². The van der Waals surface area contributed by atoms with Crippen molar-refractivity contribution in [3.8, 4) is 17.2 Å². The molecule has 1 atom stereocenters. The number of alkyl carbamates (subject to hydrolysis) is 1. The molecule has 1 fully saturated rings. The van der Waals surface area contributed by atoms with Gasteiger partial charge in [-0.1, -0.05) is 42.5 Å². The first-order chi connectivity index (χ1) is 23.1. The average Bonchev–Trinajstić information content (AvgIpc) is 3.51. The fourth-order valence-electron chi connectivity index (χ4n) is 4.86. The molecule has 2 aromatic carbocycles. The number of carboxylic acid groups (broad SMARTS) is 1. The van der Waals surface area contributed by atoms with Crippen molar-refractivity contribution in [2.45, 2.75) is 58.4 Å². The minimum Gasteiger partial charge on any atom is -0.476 e. The van der Waals surface area contributed by atoms with Gasteiger partial charge in [-0.05, 0) is 77.4 Å². The number of carboxylic acids is 1. The molecule has 2 amide bonds. The van der Waals surface area contributed by atoms with E-state index in [0.717, 1.165) is 43.6 Å². The molecule has 0 saturated carbocycles. The molecule has 0 spiro atoms. The molecule has 0 unspecified atom stereocenters. The number of imidazole rings is 1. The first-order valence-electron chi connectivity index (χ1n) is 15.5. The van der Waals surface area contributed by atoms with E-state index in [1.54, 1.807) is 20.8 Å². The van der Waals surface area contributed by atoms with Crippen LogP contribution < -0.4 is 16.0 Å². The summed E-state index contributed by atoms with van der Waals surface area (Å²) in [5.41, 5.74) is -0.658. The Kier molecular flexibility index (Phi) is 11.7. The van der Waals surface area contributed by atoms with Crippen LogP contribution in [0.5, 0.6) is 0 Å². The normalized spacial score (nSPS) is 14.2. The van der Waals surface area contributed by atoms with Crippen LogP contribution in [0.25, 0.3) is 17.2 Å². The van der Waals surface area contributed by atoms with Gasteiger partial charge in [-0.25, -0.2) is 19.6 Å². The van der Waals surface area contributed by atoms with Crippen LogP contribution >= 0.6 is 0 Å². The first kappa shape index (κ1) is 36.5. The van der Waals surface area contributed by atoms with Gasteiger partial charge in [-0.3, -0.25) is 14.7 Å². The van der Waals surface area contributed by atoms with E-state index in [4.69, 9.17) is 4.74 Å². The van der Waals surface area contributed by atoms with Gasteiger partial charge in [0.15, 0.2) is 5.69 Å². The fraction of sp³-hybridized carbons (Fsp3) is 0.353. The molecule has 1 aliphatic heterocycles. The molecule has 260 valence electrons. The highest BCUT2D eigenvalue weighted by atomic mass is 19.4. The average molecular weight is 682 g/mol. The van der Waals surface area contributed by atoms with Crippen molar-refractivity contribution in [3.63, 3.8) is 0 Å². The zero-order valence-electron chi connectivity index (χ0n) is 27.4. The second kappa shape index (κ2) is 15.7. The number of alkyl halides is 3. The highest BCUT2D eigenvalue weighted by molar-refractivity contribution is 5.93. The third-order valence-corrected chi connectivity index (χ3v) is 7.24. The third-order valence-electron chi connectivity index (χ3n) is 7.24. The summed E-state index contributed by atoms with van der Waals surface area (Å²) in [6.07, 6.45) is -0.981. The number of nitrogens with one attached hydrogen (secondary N) is 3. The highest BCUT2D eigenvalue weighted by Gasteiger charge is 2.31. The molecule has 1 aliphatic rings. The number of piperidine rings is 1. The van der Waals surface area contributed by atoms with Gasteiger partial charge >= 0.3 is 18.2 Å². The number of hydrogen-bond acceptors (Lipinski definition) is 9. The summed E-state index contributed by atoms with van der Waals surface area (Å²) < 4.78 is 46.0. The number of imide groups is 1. The van der Waals surface area contributed by atoms with Gasteiger partial charge in [0.2, 0.25) is 11.9 Å². The second-order valence-corrected chi connectivity index (χ2v) is 12.2. The zero-order chi connectivity index (χ0) is 35.8. The van der Waals surface area contributed by atoms with E-state index in [9.17, 15) is 32.7 Å². The molecule has 5 rings (SSSR count). The quantitative estimate of drug-likeness (QED) is 0.175. The smallest absolute Gasteiger partial charge is 0.416 e. The van der Waals surface area contributed by atoms with Gasteiger partial charge in [0, 0.05) is 23.9 Å². The van der Waals surface area contributed by atoms with Crippen LogP contribution in [0.3, 0.4) is 0 Å². The standard InChI is InChI=1S/C23H18F3N5O2.C11H20N2O3/c1-14(15-6-3-2-4-7-15)28-22-27-11-10-19(30-22)31-13-18(21(32)33)29-20(31)16-8-5-9-17(12-16)23(24,25)26;1-11(2,3)16-10(15)13-9(14)8-4-6-12-7-5-8/h2-14H,1H3,(H,32,33)(H,27,28,30);8,12H,4-7H2,1-3H3,(H,13,14,15)/t14-;/m0./s1. The highest BCUT2D eigenvalue weighted by Crippen LogP contribution is 2.32. The lowest BCUT2D eigenvalue weighted by atomic mass is 9.97. The van der Waals surface area contributed by atoms with Gasteiger partial charge < -0.3 is 20.5 Å². The molecular formula is C34H38F3N7O5. The van der Waals surface area contributed by atoms with Crippen molar-refractivity contribution in [2.75, 3.05) is 18.4 Å². The molecule has 0 aliphatic carbocycles. The van der Waals surface area contributed by atoms with Crippen LogP contribution in [0.2, 0.25) is 0 Å². The Morgan fingerprint density at radius 3 is 2.33 bits per heavy atom. The number of halogens is 3. The molecule has 4 aromatic rings. The SMILES string of the molecule is CC(C)(C)OC(=O)NC(=O)C1CCNCC1.C[C@H](Nc1nccc(-n2cc(C(=O)O)nc2-c2cccc(C(F)(F)F)c2)n1)c1ccccc1. The summed E-state index contributed by atoms with van der Waals surface area (Å²) in [6, 6.07) is 15.5. The largest absolute Gasteiger partial charge is 0.476 e. The number of benzene rings is 2. The lowest BCUT2D eigenvalue weighted by Gasteiger charge is -2.23. The molecule has 12 nitrogen and oxygen atoms in total. The fourth-order valence-corrected chi connectivity index (χ4v) is 4.86. The molecule has 2 aromatic heterocycles. The maximum Gasteiger partial charge on any atom is 0.416 e. The van der Waals surface area contributed by atoms with E-state index in [1.807, 2.05) is 37.3 Å². The summed E-state index contributed by atoms with van der Waals surface area (Å²) in [4.78, 5) is 47.2. The minimum absolute atomic E-state index is 0.0132. The van der Waals surface area contributed by atoms with Crippen LogP contribution in [0.1, 0.15) is 68.2 Å². The second-order valence-electron chi connectivity index (χ2n) is 12.2. The van der Waals surface area contributed by atoms with Gasteiger partial charge in [0.05, 0.1) is 11.6 Å². The maximum atomic E-state index is 13.2. The van der Waals surface area contributed by atoms with Crippen LogP contribution in [-0.4, -0.2) is 61.3 Å². The Labute approximate surface area is 281 Å². The number of nitrogens with zero attached hydrogens (tertiary/aromatic N) is 4. The maximum absolute atomic E-state index is 13.2. The van der Waals surface area contributed by atoms with Crippen molar-refractivity contribution >= 4 is 23.9 Å². The number of ether oxygens (including phenoxy) is 1. The van der Waals surface area contributed by atoms with Crippen molar-refractivity contribution < 1.29 is 37.4 Å². The molecule has 3 heterocycles. The number of hydrogen-bond donors (Lipinski definition) is 4. The molecule has 0 bridgehead atoms.